The molecule has 1 heterocycles. The largest absolute Gasteiger partial charge is 0.418 e. The van der Waals surface area contributed by atoms with Gasteiger partial charge in [0.05, 0.1) is 11.3 Å². The van der Waals surface area contributed by atoms with Crippen molar-refractivity contribution in [2.45, 2.75) is 44.3 Å². The van der Waals surface area contributed by atoms with Crippen molar-refractivity contribution in [3.63, 3.8) is 0 Å². The predicted octanol–water partition coefficient (Wildman–Crippen LogP) is 5.15. The molecule has 0 bridgehead atoms. The molecule has 1 aliphatic carbocycles. The lowest BCUT2D eigenvalue weighted by Crippen LogP contribution is -2.24. The summed E-state index contributed by atoms with van der Waals surface area (Å²) in [7, 11) is 0. The first-order chi connectivity index (χ1) is 12.8. The van der Waals surface area contributed by atoms with Crippen molar-refractivity contribution in [3.8, 4) is 0 Å². The van der Waals surface area contributed by atoms with E-state index in [-0.39, 0.29) is 22.4 Å². The Kier molecular flexibility index (Phi) is 5.84. The molecule has 0 aliphatic heterocycles. The highest BCUT2D eigenvalue weighted by atomic mass is 35.5. The van der Waals surface area contributed by atoms with E-state index in [1.807, 2.05) is 0 Å². The molecular weight excluding hydrogens is 381 g/mol. The number of alkyl halides is 3. The maximum Gasteiger partial charge on any atom is 0.418 e. The van der Waals surface area contributed by atoms with Gasteiger partial charge >= 0.3 is 6.18 Å². The second kappa shape index (κ2) is 8.12. The number of aromatic nitrogens is 2. The Balaban J connectivity index is 1.76. The zero-order chi connectivity index (χ0) is 19.4. The van der Waals surface area contributed by atoms with Crippen LogP contribution in [0.1, 0.15) is 48.2 Å². The topological polar surface area (TPSA) is 66.9 Å². The Hall–Kier alpha value is -2.35. The van der Waals surface area contributed by atoms with Crippen molar-refractivity contribution in [1.82, 2.24) is 9.97 Å². The number of carbonyl (C=O) groups is 1. The van der Waals surface area contributed by atoms with Crippen LogP contribution in [0.4, 0.5) is 24.8 Å². The summed E-state index contributed by atoms with van der Waals surface area (Å²) in [6, 6.07) is 4.76. The predicted molar refractivity (Wildman–Crippen MR) is 96.9 cm³/mol. The number of hydrogen-bond acceptors (Lipinski definition) is 4. The van der Waals surface area contributed by atoms with Crippen LogP contribution in [0.2, 0.25) is 5.02 Å². The molecule has 0 atom stereocenters. The second-order valence-electron chi connectivity index (χ2n) is 6.39. The van der Waals surface area contributed by atoms with Gasteiger partial charge in [-0.05, 0) is 37.1 Å². The summed E-state index contributed by atoms with van der Waals surface area (Å²) in [6.45, 7) is 0. The molecule has 2 N–H and O–H groups in total. The third-order valence-electron chi connectivity index (χ3n) is 4.36. The molecule has 0 saturated heterocycles. The van der Waals surface area contributed by atoms with Crippen molar-refractivity contribution in [2.75, 3.05) is 10.6 Å². The summed E-state index contributed by atoms with van der Waals surface area (Å²) in [5.41, 5.74) is -1.42. The van der Waals surface area contributed by atoms with Gasteiger partial charge in [-0.3, -0.25) is 4.79 Å². The Labute approximate surface area is 159 Å². The number of benzene rings is 1. The van der Waals surface area contributed by atoms with Crippen LogP contribution in [0.15, 0.2) is 30.5 Å². The van der Waals surface area contributed by atoms with Gasteiger partial charge in [0.2, 0.25) is 5.95 Å². The maximum atomic E-state index is 13.2. The Morgan fingerprint density at radius 1 is 1.15 bits per heavy atom. The first-order valence-electron chi connectivity index (χ1n) is 8.60. The molecular formula is C18H18ClF3N4O. The molecule has 27 heavy (non-hydrogen) atoms. The SMILES string of the molecule is O=C(Nc1ccc(Cl)cc1C(F)(F)F)c1ccnc(NC2CCCCC2)n1. The lowest BCUT2D eigenvalue weighted by molar-refractivity contribution is -0.136. The van der Waals surface area contributed by atoms with Crippen molar-refractivity contribution >= 4 is 29.1 Å². The Morgan fingerprint density at radius 3 is 2.59 bits per heavy atom. The van der Waals surface area contributed by atoms with Crippen LogP contribution >= 0.6 is 11.6 Å². The third-order valence-corrected chi connectivity index (χ3v) is 4.60. The molecule has 1 fully saturated rings. The highest BCUT2D eigenvalue weighted by Gasteiger charge is 2.34. The van der Waals surface area contributed by atoms with Crippen LogP contribution in [-0.2, 0) is 6.18 Å². The molecule has 1 aliphatic rings. The van der Waals surface area contributed by atoms with Crippen LogP contribution in [0.25, 0.3) is 0 Å². The van der Waals surface area contributed by atoms with Gasteiger partial charge in [0.25, 0.3) is 5.91 Å². The molecule has 5 nitrogen and oxygen atoms in total. The molecule has 1 amide bonds. The maximum absolute atomic E-state index is 13.2. The molecule has 0 spiro atoms. The number of anilines is 2. The first-order valence-corrected chi connectivity index (χ1v) is 8.98. The standard InChI is InChI=1S/C18H18ClF3N4O/c19-11-6-7-14(13(10-11)18(20,21)22)25-16(27)15-8-9-23-17(26-15)24-12-4-2-1-3-5-12/h6-10,12H,1-5H2,(H,25,27)(H,23,24,26). The van der Waals surface area contributed by atoms with E-state index in [2.05, 4.69) is 20.6 Å². The molecule has 2 aromatic rings. The van der Waals surface area contributed by atoms with Crippen molar-refractivity contribution in [2.24, 2.45) is 0 Å². The van der Waals surface area contributed by atoms with Gasteiger partial charge in [0.15, 0.2) is 0 Å². The van der Waals surface area contributed by atoms with Gasteiger partial charge in [-0.2, -0.15) is 13.2 Å². The number of carbonyl (C=O) groups excluding carboxylic acids is 1. The molecule has 1 saturated carbocycles. The van der Waals surface area contributed by atoms with Crippen molar-refractivity contribution in [1.29, 1.82) is 0 Å². The van der Waals surface area contributed by atoms with Crippen LogP contribution in [0.5, 0.6) is 0 Å². The van der Waals surface area contributed by atoms with E-state index in [1.54, 1.807) is 0 Å². The van der Waals surface area contributed by atoms with Gasteiger partial charge in [-0.25, -0.2) is 9.97 Å². The van der Waals surface area contributed by atoms with Crippen LogP contribution in [0, 0.1) is 0 Å². The summed E-state index contributed by atoms with van der Waals surface area (Å²) < 4.78 is 39.5. The summed E-state index contributed by atoms with van der Waals surface area (Å²) in [5.74, 6) is -0.460. The fourth-order valence-corrected chi connectivity index (χ4v) is 3.20. The minimum Gasteiger partial charge on any atom is -0.351 e. The minimum atomic E-state index is -4.65. The molecule has 1 aromatic heterocycles. The monoisotopic (exact) mass is 398 g/mol. The van der Waals surface area contributed by atoms with E-state index in [1.165, 1.54) is 24.8 Å². The summed E-state index contributed by atoms with van der Waals surface area (Å²) in [4.78, 5) is 20.6. The van der Waals surface area contributed by atoms with E-state index in [9.17, 15) is 18.0 Å². The van der Waals surface area contributed by atoms with Gasteiger partial charge in [0.1, 0.15) is 5.69 Å². The lowest BCUT2D eigenvalue weighted by atomic mass is 9.96. The van der Waals surface area contributed by atoms with E-state index in [0.717, 1.165) is 37.8 Å². The quantitative estimate of drug-likeness (QED) is 0.747. The molecule has 9 heteroatoms. The second-order valence-corrected chi connectivity index (χ2v) is 6.82. The zero-order valence-electron chi connectivity index (χ0n) is 14.3. The third kappa shape index (κ3) is 5.09. The van der Waals surface area contributed by atoms with Gasteiger partial charge in [-0.15, -0.1) is 0 Å². The summed E-state index contributed by atoms with van der Waals surface area (Å²) in [5, 5.41) is 5.37. The van der Waals surface area contributed by atoms with E-state index in [4.69, 9.17) is 11.6 Å². The molecule has 0 radical (unpaired) electrons. The summed E-state index contributed by atoms with van der Waals surface area (Å²) >= 11 is 5.65. The number of hydrogen-bond donors (Lipinski definition) is 2. The Bertz CT molecular complexity index is 822. The number of amides is 1. The van der Waals surface area contributed by atoms with Gasteiger partial charge in [0, 0.05) is 17.3 Å². The van der Waals surface area contributed by atoms with Gasteiger partial charge in [-0.1, -0.05) is 30.9 Å². The molecule has 1 aromatic carbocycles. The number of halogens is 4. The van der Waals surface area contributed by atoms with E-state index >= 15 is 0 Å². The van der Waals surface area contributed by atoms with E-state index < -0.39 is 17.6 Å². The molecule has 144 valence electrons. The number of rotatable bonds is 4. The van der Waals surface area contributed by atoms with E-state index in [0.29, 0.717) is 5.95 Å². The lowest BCUT2D eigenvalue weighted by Gasteiger charge is -2.22. The minimum absolute atomic E-state index is 0.0219. The van der Waals surface area contributed by atoms with Crippen molar-refractivity contribution < 1.29 is 18.0 Å². The molecule has 0 unspecified atom stereocenters. The van der Waals surface area contributed by atoms with Gasteiger partial charge < -0.3 is 10.6 Å². The zero-order valence-corrected chi connectivity index (χ0v) is 15.1. The van der Waals surface area contributed by atoms with Crippen LogP contribution < -0.4 is 10.6 Å². The number of nitrogens with one attached hydrogen (secondary N) is 2. The molecule has 3 rings (SSSR count). The highest BCUT2D eigenvalue weighted by Crippen LogP contribution is 2.36. The highest BCUT2D eigenvalue weighted by molar-refractivity contribution is 6.30. The van der Waals surface area contributed by atoms with Crippen LogP contribution in [-0.4, -0.2) is 21.9 Å². The fraction of sp³-hybridized carbons (Fsp3) is 0.389. The summed E-state index contributed by atoms with van der Waals surface area (Å²) in [6.07, 6.45) is 2.19. The van der Waals surface area contributed by atoms with Crippen LogP contribution in [0.3, 0.4) is 0 Å². The number of nitrogens with zero attached hydrogens (tertiary/aromatic N) is 2. The average Bonchev–Trinajstić information content (AvgIpc) is 2.63. The average molecular weight is 399 g/mol. The smallest absolute Gasteiger partial charge is 0.351 e. The first kappa shape index (κ1) is 19.4. The Morgan fingerprint density at radius 2 is 1.89 bits per heavy atom. The fourth-order valence-electron chi connectivity index (χ4n) is 3.03. The van der Waals surface area contributed by atoms with Crippen molar-refractivity contribution in [3.05, 3.63) is 46.7 Å². The normalized spacial score (nSPS) is 15.4.